The molecule has 0 saturated carbocycles. The first-order valence-corrected chi connectivity index (χ1v) is 10.4. The average molecular weight is 465 g/mol. The Morgan fingerprint density at radius 1 is 1.19 bits per heavy atom. The third-order valence-electron chi connectivity index (χ3n) is 5.50. The molecule has 1 amide bonds. The van der Waals surface area contributed by atoms with Crippen molar-refractivity contribution in [2.75, 3.05) is 11.9 Å². The van der Waals surface area contributed by atoms with Gasteiger partial charge in [-0.25, -0.2) is 4.98 Å². The zero-order valence-electron chi connectivity index (χ0n) is 17.1. The van der Waals surface area contributed by atoms with Gasteiger partial charge < -0.3 is 10.2 Å². The highest BCUT2D eigenvalue weighted by molar-refractivity contribution is 6.31. The first-order chi connectivity index (χ1) is 15.2. The number of amides is 1. The molecule has 7 nitrogen and oxygen atoms in total. The van der Waals surface area contributed by atoms with Crippen molar-refractivity contribution >= 4 is 23.3 Å². The number of alkyl halides is 3. The molecule has 0 unspecified atom stereocenters. The predicted octanol–water partition coefficient (Wildman–Crippen LogP) is 4.44. The molecule has 2 aromatic heterocycles. The van der Waals surface area contributed by atoms with Gasteiger partial charge in [-0.2, -0.15) is 28.2 Å². The summed E-state index contributed by atoms with van der Waals surface area (Å²) in [6.45, 7) is 2.44. The van der Waals surface area contributed by atoms with Crippen molar-refractivity contribution in [2.24, 2.45) is 0 Å². The maximum absolute atomic E-state index is 13.5. The molecule has 0 bridgehead atoms. The van der Waals surface area contributed by atoms with Crippen LogP contribution in [0.25, 0.3) is 5.69 Å². The Bertz CT molecular complexity index is 1090. The Morgan fingerprint density at radius 2 is 1.94 bits per heavy atom. The van der Waals surface area contributed by atoms with E-state index in [1.165, 1.54) is 23.3 Å². The number of hydrogen-bond donors (Lipinski definition) is 1. The lowest BCUT2D eigenvalue weighted by Gasteiger charge is -2.40. The van der Waals surface area contributed by atoms with Gasteiger partial charge in [-0.05, 0) is 50.1 Å². The fourth-order valence-electron chi connectivity index (χ4n) is 3.81. The Hall–Kier alpha value is -3.14. The normalized spacial score (nSPS) is 19.1. The van der Waals surface area contributed by atoms with Crippen LogP contribution in [-0.2, 0) is 6.18 Å². The highest BCUT2D eigenvalue weighted by Crippen LogP contribution is 2.30. The molecule has 168 valence electrons. The molecule has 1 aliphatic heterocycles. The Balaban J connectivity index is 1.54. The number of carbonyl (C=O) groups is 1. The maximum Gasteiger partial charge on any atom is 0.417 e. The quantitative estimate of drug-likeness (QED) is 0.617. The average Bonchev–Trinajstić information content (AvgIpc) is 3.29. The minimum Gasteiger partial charge on any atom is -0.365 e. The number of nitrogens with zero attached hydrogens (tertiary/aromatic N) is 5. The van der Waals surface area contributed by atoms with Gasteiger partial charge in [0, 0.05) is 29.8 Å². The Morgan fingerprint density at radius 3 is 2.59 bits per heavy atom. The van der Waals surface area contributed by atoms with Crippen molar-refractivity contribution in [1.82, 2.24) is 24.9 Å². The standard InChI is InChI=1S/C21H20ClF3N6O/c1-13-17(29-19-7-4-14(12-26-19)21(23,24)25)3-2-10-30(13)20(32)16-11-15(22)5-6-18(16)31-27-8-9-28-31/h4-9,11-13,17H,2-3,10H2,1H3,(H,26,29)/t13-,17+/m1/s1. The molecule has 0 radical (unpaired) electrons. The Labute approximate surface area is 187 Å². The number of hydrogen-bond acceptors (Lipinski definition) is 5. The van der Waals surface area contributed by atoms with E-state index in [4.69, 9.17) is 11.6 Å². The SMILES string of the molecule is C[C@@H]1[C@@H](Nc2ccc(C(F)(F)F)cn2)CCCN1C(=O)c1cc(Cl)ccc1-n1nccn1. The lowest BCUT2D eigenvalue weighted by molar-refractivity contribution is -0.137. The van der Waals surface area contributed by atoms with Gasteiger partial charge in [-0.3, -0.25) is 4.79 Å². The fraction of sp³-hybridized carbons (Fsp3) is 0.333. The topological polar surface area (TPSA) is 75.9 Å². The first kappa shape index (κ1) is 22.1. The van der Waals surface area contributed by atoms with Gasteiger partial charge >= 0.3 is 6.18 Å². The number of piperidine rings is 1. The van der Waals surface area contributed by atoms with E-state index in [0.717, 1.165) is 25.1 Å². The molecule has 32 heavy (non-hydrogen) atoms. The summed E-state index contributed by atoms with van der Waals surface area (Å²) in [6, 6.07) is 6.81. The van der Waals surface area contributed by atoms with Crippen LogP contribution < -0.4 is 5.32 Å². The molecule has 1 fully saturated rings. The fourth-order valence-corrected chi connectivity index (χ4v) is 3.98. The largest absolute Gasteiger partial charge is 0.417 e. The van der Waals surface area contributed by atoms with Gasteiger partial charge in [-0.1, -0.05) is 11.6 Å². The van der Waals surface area contributed by atoms with E-state index < -0.39 is 11.7 Å². The highest BCUT2D eigenvalue weighted by Gasteiger charge is 2.34. The maximum atomic E-state index is 13.5. The number of anilines is 1. The molecule has 1 aromatic carbocycles. The molecule has 0 spiro atoms. The monoisotopic (exact) mass is 464 g/mol. The summed E-state index contributed by atoms with van der Waals surface area (Å²) in [6.07, 6.45) is 0.868. The number of carbonyl (C=O) groups excluding carboxylic acids is 1. The van der Waals surface area contributed by atoms with E-state index >= 15 is 0 Å². The van der Waals surface area contributed by atoms with E-state index in [1.807, 2.05) is 6.92 Å². The van der Waals surface area contributed by atoms with Crippen LogP contribution in [0.15, 0.2) is 48.9 Å². The number of likely N-dealkylation sites (tertiary alicyclic amines) is 1. The van der Waals surface area contributed by atoms with Crippen LogP contribution in [0.3, 0.4) is 0 Å². The molecule has 11 heteroatoms. The third kappa shape index (κ3) is 4.55. The van der Waals surface area contributed by atoms with Crippen LogP contribution in [0.5, 0.6) is 0 Å². The number of aromatic nitrogens is 4. The molecule has 1 N–H and O–H groups in total. The molecule has 0 aliphatic carbocycles. The molecule has 3 aromatic rings. The summed E-state index contributed by atoms with van der Waals surface area (Å²) < 4.78 is 38.3. The molecular formula is C21H20ClF3N6O. The first-order valence-electron chi connectivity index (χ1n) is 10.0. The number of nitrogens with one attached hydrogen (secondary N) is 1. The second-order valence-electron chi connectivity index (χ2n) is 7.54. The van der Waals surface area contributed by atoms with Crippen LogP contribution in [0.1, 0.15) is 35.7 Å². The van der Waals surface area contributed by atoms with E-state index in [2.05, 4.69) is 20.5 Å². The van der Waals surface area contributed by atoms with Gasteiger partial charge in [0.1, 0.15) is 5.82 Å². The van der Waals surface area contributed by atoms with Gasteiger partial charge in [0.2, 0.25) is 0 Å². The second kappa shape index (κ2) is 8.78. The molecular weight excluding hydrogens is 445 g/mol. The zero-order chi connectivity index (χ0) is 22.9. The van der Waals surface area contributed by atoms with Gasteiger partial charge in [-0.15, -0.1) is 0 Å². The number of rotatable bonds is 4. The number of halogens is 4. The molecule has 4 rings (SSSR count). The van der Waals surface area contributed by atoms with Crippen molar-refractivity contribution < 1.29 is 18.0 Å². The van der Waals surface area contributed by atoms with Crippen molar-refractivity contribution in [3.8, 4) is 5.69 Å². The van der Waals surface area contributed by atoms with Crippen LogP contribution in [0.2, 0.25) is 5.02 Å². The Kier molecular flexibility index (Phi) is 6.05. The van der Waals surface area contributed by atoms with Crippen LogP contribution in [-0.4, -0.2) is 49.4 Å². The van der Waals surface area contributed by atoms with E-state index in [1.54, 1.807) is 23.1 Å². The van der Waals surface area contributed by atoms with Crippen LogP contribution in [0.4, 0.5) is 19.0 Å². The minimum absolute atomic E-state index is 0.178. The number of benzene rings is 1. The number of pyridine rings is 1. The predicted molar refractivity (Wildman–Crippen MR) is 113 cm³/mol. The van der Waals surface area contributed by atoms with Gasteiger partial charge in [0.25, 0.3) is 5.91 Å². The highest BCUT2D eigenvalue weighted by atomic mass is 35.5. The lowest BCUT2D eigenvalue weighted by atomic mass is 9.96. The lowest BCUT2D eigenvalue weighted by Crippen LogP contribution is -2.52. The van der Waals surface area contributed by atoms with Crippen molar-refractivity contribution in [3.63, 3.8) is 0 Å². The second-order valence-corrected chi connectivity index (χ2v) is 7.98. The smallest absolute Gasteiger partial charge is 0.365 e. The van der Waals surface area contributed by atoms with Gasteiger partial charge in [0.15, 0.2) is 0 Å². The van der Waals surface area contributed by atoms with E-state index in [9.17, 15) is 18.0 Å². The van der Waals surface area contributed by atoms with Crippen LogP contribution >= 0.6 is 11.6 Å². The summed E-state index contributed by atoms with van der Waals surface area (Å²) in [5.74, 6) is 0.104. The van der Waals surface area contributed by atoms with Crippen molar-refractivity contribution in [2.45, 2.75) is 38.0 Å². The summed E-state index contributed by atoms with van der Waals surface area (Å²) in [4.78, 5) is 20.4. The van der Waals surface area contributed by atoms with E-state index in [-0.39, 0.29) is 18.0 Å². The molecule has 1 aliphatic rings. The third-order valence-corrected chi connectivity index (χ3v) is 5.73. The summed E-state index contributed by atoms with van der Waals surface area (Å²) in [5.41, 5.74) is 0.0715. The van der Waals surface area contributed by atoms with Crippen LogP contribution in [0, 0.1) is 0 Å². The molecule has 1 saturated heterocycles. The molecule has 2 atom stereocenters. The molecule has 3 heterocycles. The zero-order valence-corrected chi connectivity index (χ0v) is 17.8. The summed E-state index contributed by atoms with van der Waals surface area (Å²) in [7, 11) is 0. The summed E-state index contributed by atoms with van der Waals surface area (Å²) in [5, 5.41) is 11.8. The minimum atomic E-state index is -4.44. The summed E-state index contributed by atoms with van der Waals surface area (Å²) >= 11 is 6.16. The van der Waals surface area contributed by atoms with Crippen molar-refractivity contribution in [1.29, 1.82) is 0 Å². The van der Waals surface area contributed by atoms with Gasteiger partial charge in [0.05, 0.1) is 29.2 Å². The van der Waals surface area contributed by atoms with Crippen molar-refractivity contribution in [3.05, 3.63) is 65.1 Å². The van der Waals surface area contributed by atoms with E-state index in [0.29, 0.717) is 28.6 Å².